The van der Waals surface area contributed by atoms with Crippen LogP contribution >= 0.6 is 11.8 Å². The van der Waals surface area contributed by atoms with Gasteiger partial charge in [0.2, 0.25) is 0 Å². The first kappa shape index (κ1) is 20.4. The van der Waals surface area contributed by atoms with Crippen molar-refractivity contribution in [1.82, 2.24) is 9.55 Å². The zero-order chi connectivity index (χ0) is 21.0. The number of imidazole rings is 1. The van der Waals surface area contributed by atoms with Gasteiger partial charge in [0.25, 0.3) is 11.6 Å². The third-order valence-electron chi connectivity index (χ3n) is 3.74. The van der Waals surface area contributed by atoms with Crippen molar-refractivity contribution in [2.75, 3.05) is 11.1 Å². The lowest BCUT2D eigenvalue weighted by atomic mass is 10.1. The van der Waals surface area contributed by atoms with Crippen molar-refractivity contribution in [3.8, 4) is 5.69 Å². The molecule has 0 spiro atoms. The Morgan fingerprint density at radius 3 is 2.66 bits per heavy atom. The fourth-order valence-electron chi connectivity index (χ4n) is 2.48. The number of hydrogen-bond acceptors (Lipinski definition) is 5. The molecule has 2 aromatic carbocycles. The minimum Gasteiger partial charge on any atom is -0.321 e. The van der Waals surface area contributed by atoms with Gasteiger partial charge in [0, 0.05) is 28.9 Å². The quantitative estimate of drug-likeness (QED) is 0.354. The minimum atomic E-state index is -4.36. The second-order valence-electron chi connectivity index (χ2n) is 5.78. The third kappa shape index (κ3) is 5.13. The predicted molar refractivity (Wildman–Crippen MR) is 101 cm³/mol. The molecule has 1 aromatic heterocycles. The van der Waals surface area contributed by atoms with Gasteiger partial charge in [-0.1, -0.05) is 12.1 Å². The average molecular weight is 422 g/mol. The number of anilines is 1. The smallest absolute Gasteiger partial charge is 0.321 e. The number of alkyl halides is 3. The molecule has 0 saturated heterocycles. The van der Waals surface area contributed by atoms with Crippen molar-refractivity contribution in [3.05, 3.63) is 76.9 Å². The zero-order valence-corrected chi connectivity index (χ0v) is 15.4. The fraction of sp³-hybridized carbons (Fsp3) is 0.111. The fourth-order valence-corrected chi connectivity index (χ4v) is 3.25. The van der Waals surface area contributed by atoms with Crippen LogP contribution in [0.1, 0.15) is 10.4 Å². The van der Waals surface area contributed by atoms with E-state index >= 15 is 0 Å². The Bertz CT molecular complexity index is 1040. The molecule has 7 nitrogen and oxygen atoms in total. The summed E-state index contributed by atoms with van der Waals surface area (Å²) in [6, 6.07) is 9.94. The average Bonchev–Trinajstić information content (AvgIpc) is 3.20. The first-order valence-electron chi connectivity index (χ1n) is 8.11. The Morgan fingerprint density at radius 2 is 2.00 bits per heavy atom. The monoisotopic (exact) mass is 422 g/mol. The topological polar surface area (TPSA) is 90.1 Å². The normalized spacial score (nSPS) is 11.3. The highest BCUT2D eigenvalue weighted by Gasteiger charge is 2.28. The number of nitro groups is 1. The van der Waals surface area contributed by atoms with E-state index in [2.05, 4.69) is 10.3 Å². The highest BCUT2D eigenvalue weighted by Crippen LogP contribution is 2.32. The number of nitrogens with zero attached hydrogens (tertiary/aromatic N) is 3. The number of carbonyl (C=O) groups excluding carboxylic acids is 1. The Hall–Kier alpha value is -3.34. The summed E-state index contributed by atoms with van der Waals surface area (Å²) in [5.41, 5.74) is 0.102. The highest BCUT2D eigenvalue weighted by atomic mass is 32.2. The molecule has 0 fully saturated rings. The van der Waals surface area contributed by atoms with Crippen molar-refractivity contribution in [2.45, 2.75) is 11.1 Å². The Balaban J connectivity index is 1.85. The Morgan fingerprint density at radius 1 is 1.24 bits per heavy atom. The number of halogens is 3. The van der Waals surface area contributed by atoms with Crippen LogP contribution in [0.2, 0.25) is 0 Å². The Labute approximate surface area is 166 Å². The maximum absolute atomic E-state index is 12.6. The molecule has 0 unspecified atom stereocenters. The molecule has 0 radical (unpaired) electrons. The van der Waals surface area contributed by atoms with Gasteiger partial charge in [-0.3, -0.25) is 14.9 Å². The van der Waals surface area contributed by atoms with Crippen molar-refractivity contribution in [3.63, 3.8) is 0 Å². The second-order valence-corrected chi connectivity index (χ2v) is 6.80. The van der Waals surface area contributed by atoms with Gasteiger partial charge in [0.05, 0.1) is 22.7 Å². The van der Waals surface area contributed by atoms with Gasteiger partial charge in [-0.2, -0.15) is 13.2 Å². The molecule has 0 bridgehead atoms. The van der Waals surface area contributed by atoms with E-state index < -0.39 is 22.8 Å². The maximum atomic E-state index is 12.6. The van der Waals surface area contributed by atoms with E-state index in [0.717, 1.165) is 6.07 Å². The standard InChI is InChI=1S/C18H13F3N4O3S/c19-18(20,21)10-29-16-4-2-1-3-13(16)23-17(26)12-5-6-14(15(9-12)25(27)28)24-8-7-22-11-24/h1-9,11H,10H2,(H,23,26). The van der Waals surface area contributed by atoms with E-state index in [-0.39, 0.29) is 27.5 Å². The summed E-state index contributed by atoms with van der Waals surface area (Å²) in [5, 5.41) is 13.9. The lowest BCUT2D eigenvalue weighted by Crippen LogP contribution is -2.14. The minimum absolute atomic E-state index is 0.00353. The largest absolute Gasteiger partial charge is 0.398 e. The highest BCUT2D eigenvalue weighted by molar-refractivity contribution is 7.99. The predicted octanol–water partition coefficient (Wildman–Crippen LogP) is 4.69. The van der Waals surface area contributed by atoms with E-state index in [4.69, 9.17) is 0 Å². The van der Waals surface area contributed by atoms with Gasteiger partial charge in [0.15, 0.2) is 0 Å². The van der Waals surface area contributed by atoms with Crippen LogP contribution in [0.5, 0.6) is 0 Å². The van der Waals surface area contributed by atoms with Gasteiger partial charge in [-0.05, 0) is 24.3 Å². The number of aromatic nitrogens is 2. The van der Waals surface area contributed by atoms with Gasteiger partial charge in [0.1, 0.15) is 5.69 Å². The van der Waals surface area contributed by atoms with E-state index in [9.17, 15) is 28.1 Å². The van der Waals surface area contributed by atoms with Crippen LogP contribution in [-0.2, 0) is 0 Å². The van der Waals surface area contributed by atoms with Gasteiger partial charge in [-0.25, -0.2) is 4.98 Å². The number of carbonyl (C=O) groups is 1. The molecular weight excluding hydrogens is 409 g/mol. The maximum Gasteiger partial charge on any atom is 0.398 e. The third-order valence-corrected chi connectivity index (χ3v) is 4.88. The Kier molecular flexibility index (Phi) is 5.87. The molecule has 11 heteroatoms. The number of thioether (sulfide) groups is 1. The first-order chi connectivity index (χ1) is 13.7. The molecular formula is C18H13F3N4O3S. The molecule has 0 aliphatic carbocycles. The summed E-state index contributed by atoms with van der Waals surface area (Å²) < 4.78 is 38.9. The number of para-hydroxylation sites is 1. The summed E-state index contributed by atoms with van der Waals surface area (Å²) >= 11 is 0.542. The number of amides is 1. The molecule has 1 N–H and O–H groups in total. The molecule has 0 saturated carbocycles. The summed E-state index contributed by atoms with van der Waals surface area (Å²) in [6.45, 7) is 0. The SMILES string of the molecule is O=C(Nc1ccccc1SCC(F)(F)F)c1ccc(-n2ccnc2)c([N+](=O)[O-])c1. The molecule has 3 rings (SSSR count). The van der Waals surface area contributed by atoms with Gasteiger partial charge < -0.3 is 9.88 Å². The van der Waals surface area contributed by atoms with E-state index in [1.54, 1.807) is 12.1 Å². The molecule has 1 heterocycles. The van der Waals surface area contributed by atoms with E-state index in [1.165, 1.54) is 47.6 Å². The van der Waals surface area contributed by atoms with Crippen molar-refractivity contribution in [1.29, 1.82) is 0 Å². The van der Waals surface area contributed by atoms with Crippen LogP contribution in [0.3, 0.4) is 0 Å². The molecule has 150 valence electrons. The number of rotatable bonds is 6. The molecule has 0 atom stereocenters. The summed E-state index contributed by atoms with van der Waals surface area (Å²) in [5.74, 6) is -1.78. The van der Waals surface area contributed by atoms with Crippen molar-refractivity contribution < 1.29 is 22.9 Å². The van der Waals surface area contributed by atoms with Crippen molar-refractivity contribution >= 4 is 29.0 Å². The summed E-state index contributed by atoms with van der Waals surface area (Å²) in [6.07, 6.45) is 0.0117. The molecule has 1 amide bonds. The summed E-state index contributed by atoms with van der Waals surface area (Å²) in [4.78, 5) is 27.4. The van der Waals surface area contributed by atoms with E-state index in [0.29, 0.717) is 11.8 Å². The van der Waals surface area contributed by atoms with Crippen LogP contribution in [-0.4, -0.2) is 32.3 Å². The lowest BCUT2D eigenvalue weighted by Gasteiger charge is -2.12. The van der Waals surface area contributed by atoms with Crippen molar-refractivity contribution in [2.24, 2.45) is 0 Å². The number of nitrogens with one attached hydrogen (secondary N) is 1. The van der Waals surface area contributed by atoms with Crippen LogP contribution in [0.4, 0.5) is 24.5 Å². The molecule has 3 aromatic rings. The van der Waals surface area contributed by atoms with E-state index in [1.807, 2.05) is 0 Å². The van der Waals surface area contributed by atoms with Crippen LogP contribution in [0.25, 0.3) is 5.69 Å². The molecule has 0 aliphatic heterocycles. The first-order valence-corrected chi connectivity index (χ1v) is 9.10. The number of hydrogen-bond donors (Lipinski definition) is 1. The second kappa shape index (κ2) is 8.35. The van der Waals surface area contributed by atoms with Crippen LogP contribution in [0, 0.1) is 10.1 Å². The molecule has 29 heavy (non-hydrogen) atoms. The van der Waals surface area contributed by atoms with Gasteiger partial charge in [-0.15, -0.1) is 11.8 Å². The zero-order valence-electron chi connectivity index (χ0n) is 14.6. The van der Waals surface area contributed by atoms with Crippen LogP contribution in [0.15, 0.2) is 66.1 Å². The van der Waals surface area contributed by atoms with Crippen LogP contribution < -0.4 is 5.32 Å². The lowest BCUT2D eigenvalue weighted by molar-refractivity contribution is -0.384. The van der Waals surface area contributed by atoms with Gasteiger partial charge >= 0.3 is 6.18 Å². The number of benzene rings is 2. The number of nitro benzene ring substituents is 1. The molecule has 0 aliphatic rings. The summed E-state index contributed by atoms with van der Waals surface area (Å²) in [7, 11) is 0.